The normalized spacial score (nSPS) is 13.4. The van der Waals surface area contributed by atoms with Crippen LogP contribution in [0.4, 0.5) is 4.79 Å². The first kappa shape index (κ1) is 16.9. The number of fused-ring (bicyclic) bond motifs is 1. The number of nitrogens with one attached hydrogen (secondary N) is 3. The van der Waals surface area contributed by atoms with E-state index < -0.39 is 0 Å². The Balaban J connectivity index is 1.60. The quantitative estimate of drug-likeness (QED) is 0.794. The standard InChI is InChI=1S/C18H21N3O4/c1-10-6-11(2)20-17(22)14(10)8-19-18(23)21-12(3)13-4-5-15-16(7-13)25-9-24-15/h4-7,12H,8-9H2,1-3H3,(H,20,22)(H2,19,21,23)/t12-/m1/s1. The predicted molar refractivity (Wildman–Crippen MR) is 92.9 cm³/mol. The molecule has 0 saturated carbocycles. The molecule has 1 atom stereocenters. The van der Waals surface area contributed by atoms with Gasteiger partial charge in [-0.2, -0.15) is 0 Å². The molecule has 0 aliphatic carbocycles. The number of aromatic amines is 1. The van der Waals surface area contributed by atoms with E-state index in [1.807, 2.05) is 45.0 Å². The van der Waals surface area contributed by atoms with Gasteiger partial charge in [0.1, 0.15) is 0 Å². The number of carbonyl (C=O) groups is 1. The molecule has 2 heterocycles. The highest BCUT2D eigenvalue weighted by molar-refractivity contribution is 5.74. The van der Waals surface area contributed by atoms with Gasteiger partial charge in [0.2, 0.25) is 6.79 Å². The molecule has 2 amide bonds. The lowest BCUT2D eigenvalue weighted by Crippen LogP contribution is -2.38. The smallest absolute Gasteiger partial charge is 0.315 e. The van der Waals surface area contributed by atoms with Crippen LogP contribution in [-0.4, -0.2) is 17.8 Å². The lowest BCUT2D eigenvalue weighted by molar-refractivity contribution is 0.174. The highest BCUT2D eigenvalue weighted by Crippen LogP contribution is 2.34. The van der Waals surface area contributed by atoms with Crippen molar-refractivity contribution in [3.05, 3.63) is 57.0 Å². The Bertz CT molecular complexity index is 860. The SMILES string of the molecule is Cc1cc(C)c(CNC(=O)N[C@H](C)c2ccc3c(c2)OCO3)c(=O)[nH]1. The van der Waals surface area contributed by atoms with Gasteiger partial charge in [0, 0.05) is 11.3 Å². The molecule has 7 heteroatoms. The van der Waals surface area contributed by atoms with Gasteiger partial charge in [-0.05, 0) is 50.1 Å². The van der Waals surface area contributed by atoms with Crippen molar-refractivity contribution in [2.75, 3.05) is 6.79 Å². The summed E-state index contributed by atoms with van der Waals surface area (Å²) in [5.74, 6) is 1.38. The Morgan fingerprint density at radius 1 is 1.24 bits per heavy atom. The number of hydrogen-bond acceptors (Lipinski definition) is 4. The summed E-state index contributed by atoms with van der Waals surface area (Å²) in [6.45, 7) is 5.94. The van der Waals surface area contributed by atoms with Gasteiger partial charge in [-0.15, -0.1) is 0 Å². The fourth-order valence-electron chi connectivity index (χ4n) is 2.78. The molecule has 25 heavy (non-hydrogen) atoms. The van der Waals surface area contributed by atoms with Crippen LogP contribution in [0.1, 0.15) is 35.3 Å². The fraction of sp³-hybridized carbons (Fsp3) is 0.333. The molecule has 0 unspecified atom stereocenters. The molecule has 2 aromatic rings. The summed E-state index contributed by atoms with van der Waals surface area (Å²) in [6.07, 6.45) is 0. The molecule has 0 fully saturated rings. The van der Waals surface area contributed by atoms with Crippen LogP contribution in [0.3, 0.4) is 0 Å². The second kappa shape index (κ2) is 6.88. The van der Waals surface area contributed by atoms with Crippen molar-refractivity contribution in [1.82, 2.24) is 15.6 Å². The van der Waals surface area contributed by atoms with Crippen LogP contribution in [-0.2, 0) is 6.54 Å². The number of urea groups is 1. The maximum atomic E-state index is 12.1. The highest BCUT2D eigenvalue weighted by Gasteiger charge is 2.17. The topological polar surface area (TPSA) is 92.4 Å². The van der Waals surface area contributed by atoms with Crippen LogP contribution in [0.15, 0.2) is 29.1 Å². The number of H-pyrrole nitrogens is 1. The maximum absolute atomic E-state index is 12.1. The zero-order chi connectivity index (χ0) is 18.0. The highest BCUT2D eigenvalue weighted by atomic mass is 16.7. The largest absolute Gasteiger partial charge is 0.454 e. The van der Waals surface area contributed by atoms with Crippen molar-refractivity contribution in [2.24, 2.45) is 0 Å². The average molecular weight is 343 g/mol. The van der Waals surface area contributed by atoms with E-state index in [4.69, 9.17) is 9.47 Å². The number of ether oxygens (including phenoxy) is 2. The molecule has 1 aliphatic heterocycles. The molecule has 1 aromatic carbocycles. The van der Waals surface area contributed by atoms with Crippen LogP contribution in [0.25, 0.3) is 0 Å². The van der Waals surface area contributed by atoms with Crippen LogP contribution in [0.5, 0.6) is 11.5 Å². The monoisotopic (exact) mass is 343 g/mol. The molecule has 132 valence electrons. The number of amides is 2. The van der Waals surface area contributed by atoms with Crippen LogP contribution < -0.4 is 25.7 Å². The fourth-order valence-corrected chi connectivity index (χ4v) is 2.78. The Kier molecular flexibility index (Phi) is 4.65. The Hall–Kier alpha value is -2.96. The first-order chi connectivity index (χ1) is 11.9. The van der Waals surface area contributed by atoms with Gasteiger partial charge in [0.05, 0.1) is 12.6 Å². The van der Waals surface area contributed by atoms with E-state index in [-0.39, 0.29) is 31.0 Å². The van der Waals surface area contributed by atoms with Crippen molar-refractivity contribution in [1.29, 1.82) is 0 Å². The van der Waals surface area contributed by atoms with Gasteiger partial charge in [0.15, 0.2) is 11.5 Å². The van der Waals surface area contributed by atoms with Gasteiger partial charge in [0.25, 0.3) is 5.56 Å². The second-order valence-electron chi connectivity index (χ2n) is 6.10. The molecule has 7 nitrogen and oxygen atoms in total. The molecule has 3 rings (SSSR count). The molecule has 1 aromatic heterocycles. The molecule has 0 spiro atoms. The Morgan fingerprint density at radius 3 is 2.76 bits per heavy atom. The number of carbonyl (C=O) groups excluding carboxylic acids is 1. The molecular weight excluding hydrogens is 322 g/mol. The first-order valence-electron chi connectivity index (χ1n) is 8.07. The van der Waals surface area contributed by atoms with Crippen molar-refractivity contribution >= 4 is 6.03 Å². The molecule has 0 saturated heterocycles. The van der Waals surface area contributed by atoms with Crippen LogP contribution >= 0.6 is 0 Å². The lowest BCUT2D eigenvalue weighted by atomic mass is 10.1. The van der Waals surface area contributed by atoms with E-state index >= 15 is 0 Å². The van der Waals surface area contributed by atoms with Gasteiger partial charge in [-0.1, -0.05) is 6.07 Å². The minimum absolute atomic E-state index is 0.168. The average Bonchev–Trinajstić information content (AvgIpc) is 3.01. The van der Waals surface area contributed by atoms with E-state index in [1.165, 1.54) is 0 Å². The molecule has 3 N–H and O–H groups in total. The van der Waals surface area contributed by atoms with Crippen molar-refractivity contribution < 1.29 is 14.3 Å². The third-order valence-corrected chi connectivity index (χ3v) is 4.16. The van der Waals surface area contributed by atoms with E-state index in [0.29, 0.717) is 17.1 Å². The molecule has 0 radical (unpaired) electrons. The molecule has 1 aliphatic rings. The summed E-state index contributed by atoms with van der Waals surface area (Å²) in [6, 6.07) is 6.88. The van der Waals surface area contributed by atoms with Crippen molar-refractivity contribution in [3.63, 3.8) is 0 Å². The summed E-state index contributed by atoms with van der Waals surface area (Å²) in [5, 5.41) is 5.58. The number of hydrogen-bond donors (Lipinski definition) is 3. The zero-order valence-corrected chi connectivity index (χ0v) is 14.4. The van der Waals surface area contributed by atoms with E-state index in [9.17, 15) is 9.59 Å². The van der Waals surface area contributed by atoms with E-state index in [2.05, 4.69) is 15.6 Å². The number of pyridine rings is 1. The third kappa shape index (κ3) is 3.76. The number of aryl methyl sites for hydroxylation is 2. The third-order valence-electron chi connectivity index (χ3n) is 4.16. The summed E-state index contributed by atoms with van der Waals surface area (Å²) in [4.78, 5) is 26.8. The van der Waals surface area contributed by atoms with Gasteiger partial charge < -0.3 is 25.1 Å². The molecular formula is C18H21N3O4. The lowest BCUT2D eigenvalue weighted by Gasteiger charge is -2.16. The summed E-state index contributed by atoms with van der Waals surface area (Å²) in [5.41, 5.74) is 2.93. The van der Waals surface area contributed by atoms with Crippen LogP contribution in [0.2, 0.25) is 0 Å². The van der Waals surface area contributed by atoms with Gasteiger partial charge in [-0.25, -0.2) is 4.79 Å². The van der Waals surface area contributed by atoms with Gasteiger partial charge >= 0.3 is 6.03 Å². The van der Waals surface area contributed by atoms with E-state index in [0.717, 1.165) is 16.8 Å². The van der Waals surface area contributed by atoms with E-state index in [1.54, 1.807) is 0 Å². The Labute approximate surface area is 145 Å². The summed E-state index contributed by atoms with van der Waals surface area (Å²) in [7, 11) is 0. The Morgan fingerprint density at radius 2 is 2.00 bits per heavy atom. The second-order valence-corrected chi connectivity index (χ2v) is 6.10. The maximum Gasteiger partial charge on any atom is 0.315 e. The van der Waals surface area contributed by atoms with Crippen molar-refractivity contribution in [2.45, 2.75) is 33.4 Å². The number of benzene rings is 1. The number of rotatable bonds is 4. The molecule has 0 bridgehead atoms. The first-order valence-corrected chi connectivity index (χ1v) is 8.07. The summed E-state index contributed by atoms with van der Waals surface area (Å²) >= 11 is 0. The minimum atomic E-state index is -0.343. The van der Waals surface area contributed by atoms with Gasteiger partial charge in [-0.3, -0.25) is 4.79 Å². The minimum Gasteiger partial charge on any atom is -0.454 e. The van der Waals surface area contributed by atoms with Crippen molar-refractivity contribution in [3.8, 4) is 11.5 Å². The van der Waals surface area contributed by atoms with Crippen LogP contribution in [0, 0.1) is 13.8 Å². The zero-order valence-electron chi connectivity index (χ0n) is 14.4. The predicted octanol–water partition coefficient (Wildman–Crippen LogP) is 2.28. The number of aromatic nitrogens is 1. The summed E-state index contributed by atoms with van der Waals surface area (Å²) < 4.78 is 10.6.